The predicted octanol–water partition coefficient (Wildman–Crippen LogP) is 2.67. The van der Waals surface area contributed by atoms with E-state index in [2.05, 4.69) is 0 Å². The van der Waals surface area contributed by atoms with Crippen molar-refractivity contribution in [3.8, 4) is 5.75 Å². The van der Waals surface area contributed by atoms with Crippen LogP contribution in [0.15, 0.2) is 22.6 Å². The van der Waals surface area contributed by atoms with Crippen LogP contribution in [0.2, 0.25) is 0 Å². The molecule has 1 aliphatic carbocycles. The van der Waals surface area contributed by atoms with E-state index in [0.29, 0.717) is 31.7 Å². The second-order valence-electron chi connectivity index (χ2n) is 6.77. The molecule has 1 aliphatic heterocycles. The van der Waals surface area contributed by atoms with Crippen molar-refractivity contribution in [2.24, 2.45) is 0 Å². The van der Waals surface area contributed by atoms with Crippen LogP contribution < -0.4 is 4.74 Å². The van der Waals surface area contributed by atoms with Gasteiger partial charge in [-0.2, -0.15) is 0 Å². The van der Waals surface area contributed by atoms with Gasteiger partial charge in [-0.15, -0.1) is 0 Å². The summed E-state index contributed by atoms with van der Waals surface area (Å²) in [6.45, 7) is 1.26. The van der Waals surface area contributed by atoms with Crippen LogP contribution in [-0.4, -0.2) is 41.7 Å². The van der Waals surface area contributed by atoms with Crippen molar-refractivity contribution >= 4 is 16.9 Å². The maximum Gasteiger partial charge on any atom is 0.260 e. The molecule has 0 atom stereocenters. The molecule has 2 heterocycles. The lowest BCUT2D eigenvalue weighted by atomic mass is 9.96. The first-order valence-electron chi connectivity index (χ1n) is 8.83. The minimum absolute atomic E-state index is 0.0174. The number of furan rings is 1. The highest BCUT2D eigenvalue weighted by molar-refractivity contribution is 5.84. The maximum atomic E-state index is 12.2. The lowest BCUT2D eigenvalue weighted by Crippen LogP contribution is -2.42. The lowest BCUT2D eigenvalue weighted by molar-refractivity contribution is -0.135. The van der Waals surface area contributed by atoms with E-state index in [1.165, 1.54) is 18.4 Å². The van der Waals surface area contributed by atoms with Gasteiger partial charge >= 0.3 is 0 Å². The minimum atomic E-state index is -0.273. The zero-order valence-electron chi connectivity index (χ0n) is 13.8. The first-order chi connectivity index (χ1) is 11.7. The topological polar surface area (TPSA) is 62.9 Å². The molecule has 5 heteroatoms. The number of carbonyl (C=O) groups excluding carboxylic acids is 1. The third-order valence-electron chi connectivity index (χ3n) is 5.11. The first-order valence-corrected chi connectivity index (χ1v) is 8.83. The monoisotopic (exact) mass is 329 g/mol. The smallest absolute Gasteiger partial charge is 0.260 e. The Hall–Kier alpha value is -2.01. The Morgan fingerprint density at radius 3 is 2.88 bits per heavy atom. The van der Waals surface area contributed by atoms with Gasteiger partial charge < -0.3 is 19.2 Å². The molecule has 1 aromatic carbocycles. The minimum Gasteiger partial charge on any atom is -0.484 e. The van der Waals surface area contributed by atoms with Gasteiger partial charge in [-0.25, -0.2) is 0 Å². The maximum absolute atomic E-state index is 12.2. The molecule has 0 unspecified atom stereocenters. The average Bonchev–Trinajstić information content (AvgIpc) is 2.98. The van der Waals surface area contributed by atoms with E-state index in [4.69, 9.17) is 9.15 Å². The van der Waals surface area contributed by atoms with Gasteiger partial charge in [0.15, 0.2) is 6.61 Å². The van der Waals surface area contributed by atoms with Crippen molar-refractivity contribution in [1.82, 2.24) is 4.90 Å². The normalized spacial score (nSPS) is 18.6. The summed E-state index contributed by atoms with van der Waals surface area (Å²) in [5, 5.41) is 10.6. The summed E-state index contributed by atoms with van der Waals surface area (Å²) in [4.78, 5) is 14.0. The Balaban J connectivity index is 1.44. The Morgan fingerprint density at radius 2 is 2.04 bits per heavy atom. The summed E-state index contributed by atoms with van der Waals surface area (Å²) in [7, 11) is 0. The highest BCUT2D eigenvalue weighted by atomic mass is 16.5. The number of piperidine rings is 1. The van der Waals surface area contributed by atoms with E-state index in [0.717, 1.165) is 29.6 Å². The predicted molar refractivity (Wildman–Crippen MR) is 90.2 cm³/mol. The van der Waals surface area contributed by atoms with E-state index < -0.39 is 0 Å². The number of amides is 1. The van der Waals surface area contributed by atoms with Crippen LogP contribution in [0.25, 0.3) is 11.0 Å². The Bertz CT molecular complexity index is 743. The molecule has 0 radical (unpaired) electrons. The zero-order valence-corrected chi connectivity index (χ0v) is 13.8. The van der Waals surface area contributed by atoms with Crippen LogP contribution in [0.3, 0.4) is 0 Å². The van der Waals surface area contributed by atoms with Crippen LogP contribution in [-0.2, 0) is 17.6 Å². The number of hydrogen-bond acceptors (Lipinski definition) is 4. The summed E-state index contributed by atoms with van der Waals surface area (Å²) >= 11 is 0. The summed E-state index contributed by atoms with van der Waals surface area (Å²) in [5.41, 5.74) is 2.21. The zero-order chi connectivity index (χ0) is 16.5. The van der Waals surface area contributed by atoms with E-state index >= 15 is 0 Å². The van der Waals surface area contributed by atoms with Gasteiger partial charge in [-0.05, 0) is 50.3 Å². The summed E-state index contributed by atoms with van der Waals surface area (Å²) in [6, 6.07) is 5.80. The van der Waals surface area contributed by atoms with Crippen molar-refractivity contribution in [2.45, 2.75) is 44.6 Å². The molecule has 1 aromatic heterocycles. The Kier molecular flexibility index (Phi) is 4.19. The highest BCUT2D eigenvalue weighted by Crippen LogP contribution is 2.33. The quantitative estimate of drug-likeness (QED) is 0.940. The molecular formula is C19H23NO4. The number of likely N-dealkylation sites (tertiary alicyclic amines) is 1. The van der Waals surface area contributed by atoms with E-state index in [-0.39, 0.29) is 18.6 Å². The third-order valence-corrected chi connectivity index (χ3v) is 5.11. The van der Waals surface area contributed by atoms with Crippen LogP contribution >= 0.6 is 0 Å². The molecule has 0 saturated carbocycles. The van der Waals surface area contributed by atoms with Crippen molar-refractivity contribution < 1.29 is 19.1 Å². The molecule has 2 aromatic rings. The molecule has 128 valence electrons. The van der Waals surface area contributed by atoms with E-state index in [1.54, 1.807) is 4.90 Å². The number of nitrogens with zero attached hydrogens (tertiary/aromatic N) is 1. The number of carbonyl (C=O) groups is 1. The van der Waals surface area contributed by atoms with Crippen LogP contribution in [0.5, 0.6) is 5.75 Å². The number of rotatable bonds is 3. The van der Waals surface area contributed by atoms with Gasteiger partial charge in [0.05, 0.1) is 6.10 Å². The Labute approximate surface area is 141 Å². The molecule has 0 spiro atoms. The SMILES string of the molecule is O=C(COc1ccc2oc3c(c2c1)CCCC3)N1CCC(O)CC1. The second-order valence-corrected chi connectivity index (χ2v) is 6.77. The van der Waals surface area contributed by atoms with Gasteiger partial charge in [-0.3, -0.25) is 4.79 Å². The number of hydrogen-bond donors (Lipinski definition) is 1. The van der Waals surface area contributed by atoms with Crippen LogP contribution in [0.4, 0.5) is 0 Å². The summed E-state index contributed by atoms with van der Waals surface area (Å²) < 4.78 is 11.6. The largest absolute Gasteiger partial charge is 0.484 e. The average molecular weight is 329 g/mol. The molecule has 1 amide bonds. The summed E-state index contributed by atoms with van der Waals surface area (Å²) in [6.07, 6.45) is 5.49. The number of aryl methyl sites for hydroxylation is 2. The molecule has 1 saturated heterocycles. The molecule has 1 N–H and O–H groups in total. The fourth-order valence-electron chi connectivity index (χ4n) is 3.68. The van der Waals surface area contributed by atoms with Crippen molar-refractivity contribution in [1.29, 1.82) is 0 Å². The first kappa shape index (κ1) is 15.5. The second kappa shape index (κ2) is 6.48. The number of ether oxygens (including phenoxy) is 1. The Morgan fingerprint density at radius 1 is 1.25 bits per heavy atom. The van der Waals surface area contributed by atoms with E-state index in [9.17, 15) is 9.90 Å². The number of benzene rings is 1. The van der Waals surface area contributed by atoms with Crippen molar-refractivity contribution in [3.05, 3.63) is 29.5 Å². The van der Waals surface area contributed by atoms with Gasteiger partial charge in [0.2, 0.25) is 0 Å². The van der Waals surface area contributed by atoms with Crippen LogP contribution in [0.1, 0.15) is 37.0 Å². The molecule has 2 aliphatic rings. The van der Waals surface area contributed by atoms with Gasteiger partial charge in [0.1, 0.15) is 17.1 Å². The van der Waals surface area contributed by atoms with Gasteiger partial charge in [0.25, 0.3) is 5.91 Å². The third kappa shape index (κ3) is 3.00. The molecule has 0 bridgehead atoms. The van der Waals surface area contributed by atoms with Gasteiger partial charge in [-0.1, -0.05) is 0 Å². The molecule has 5 nitrogen and oxygen atoms in total. The fourth-order valence-corrected chi connectivity index (χ4v) is 3.68. The summed E-state index contributed by atoms with van der Waals surface area (Å²) in [5.74, 6) is 1.80. The van der Waals surface area contributed by atoms with Crippen LogP contribution in [0, 0.1) is 0 Å². The lowest BCUT2D eigenvalue weighted by Gasteiger charge is -2.29. The number of aliphatic hydroxyl groups is 1. The van der Waals surface area contributed by atoms with Crippen molar-refractivity contribution in [2.75, 3.05) is 19.7 Å². The molecule has 4 rings (SSSR count). The molecular weight excluding hydrogens is 306 g/mol. The fraction of sp³-hybridized carbons (Fsp3) is 0.526. The molecule has 1 fully saturated rings. The highest BCUT2D eigenvalue weighted by Gasteiger charge is 2.22. The van der Waals surface area contributed by atoms with E-state index in [1.807, 2.05) is 18.2 Å². The van der Waals surface area contributed by atoms with Gasteiger partial charge in [0, 0.05) is 30.5 Å². The molecule has 24 heavy (non-hydrogen) atoms. The standard InChI is InChI=1S/C19H23NO4/c21-13-7-9-20(10-8-13)19(22)12-23-14-5-6-18-16(11-14)15-3-1-2-4-17(15)24-18/h5-6,11,13,21H,1-4,7-10,12H2. The number of aliphatic hydroxyl groups excluding tert-OH is 1. The van der Waals surface area contributed by atoms with Crippen molar-refractivity contribution in [3.63, 3.8) is 0 Å². The number of fused-ring (bicyclic) bond motifs is 3.